The Morgan fingerprint density at radius 3 is 3.06 bits per heavy atom. The van der Waals surface area contributed by atoms with E-state index in [1.807, 2.05) is 12.3 Å². The highest BCUT2D eigenvalue weighted by Gasteiger charge is 2.35. The van der Waals surface area contributed by atoms with Crippen molar-refractivity contribution in [1.29, 1.82) is 0 Å². The van der Waals surface area contributed by atoms with Crippen molar-refractivity contribution in [2.45, 2.75) is 6.92 Å². The van der Waals surface area contributed by atoms with Gasteiger partial charge in [0.2, 0.25) is 0 Å². The van der Waals surface area contributed by atoms with Gasteiger partial charge in [-0.15, -0.1) is 11.3 Å². The van der Waals surface area contributed by atoms with Gasteiger partial charge in [0.05, 0.1) is 5.92 Å². The first-order valence-corrected chi connectivity index (χ1v) is 6.84. The van der Waals surface area contributed by atoms with E-state index < -0.39 is 5.97 Å². The van der Waals surface area contributed by atoms with Gasteiger partial charge >= 0.3 is 5.97 Å². The SMILES string of the molecule is CC(C(=O)O)C1CN(c2nccc3sccc23)C1. The number of aliphatic carboxylic acids is 1. The molecule has 18 heavy (non-hydrogen) atoms. The van der Waals surface area contributed by atoms with Crippen LogP contribution >= 0.6 is 11.3 Å². The van der Waals surface area contributed by atoms with Gasteiger partial charge < -0.3 is 10.0 Å². The van der Waals surface area contributed by atoms with Crippen LogP contribution in [0.4, 0.5) is 5.82 Å². The molecule has 1 atom stereocenters. The number of fused-ring (bicyclic) bond motifs is 1. The van der Waals surface area contributed by atoms with E-state index in [0.29, 0.717) is 0 Å². The number of thiophene rings is 1. The molecule has 0 saturated carbocycles. The average Bonchev–Trinajstić information content (AvgIpc) is 2.75. The summed E-state index contributed by atoms with van der Waals surface area (Å²) in [6.45, 7) is 3.35. The van der Waals surface area contributed by atoms with Crippen LogP contribution in [-0.2, 0) is 4.79 Å². The number of nitrogens with zero attached hydrogens (tertiary/aromatic N) is 2. The highest BCUT2D eigenvalue weighted by Crippen LogP contribution is 2.34. The maximum absolute atomic E-state index is 10.9. The number of carboxylic acid groups (broad SMARTS) is 1. The second-order valence-electron chi connectivity index (χ2n) is 4.76. The first-order chi connectivity index (χ1) is 8.66. The summed E-state index contributed by atoms with van der Waals surface area (Å²) >= 11 is 1.70. The Hall–Kier alpha value is -1.62. The van der Waals surface area contributed by atoms with Crippen molar-refractivity contribution in [3.8, 4) is 0 Å². The van der Waals surface area contributed by atoms with Gasteiger partial charge in [-0.3, -0.25) is 4.79 Å². The number of hydrogen-bond acceptors (Lipinski definition) is 4. The summed E-state index contributed by atoms with van der Waals surface area (Å²) in [5.41, 5.74) is 0. The van der Waals surface area contributed by atoms with E-state index >= 15 is 0 Å². The molecule has 1 N–H and O–H groups in total. The molecule has 94 valence electrons. The monoisotopic (exact) mass is 262 g/mol. The van der Waals surface area contributed by atoms with Crippen molar-refractivity contribution >= 4 is 33.2 Å². The number of carboxylic acids is 1. The van der Waals surface area contributed by atoms with Crippen molar-refractivity contribution in [2.75, 3.05) is 18.0 Å². The molecule has 0 aliphatic carbocycles. The maximum Gasteiger partial charge on any atom is 0.306 e. The lowest BCUT2D eigenvalue weighted by molar-refractivity contribution is -0.143. The lowest BCUT2D eigenvalue weighted by atomic mass is 9.87. The van der Waals surface area contributed by atoms with E-state index in [9.17, 15) is 4.79 Å². The zero-order valence-corrected chi connectivity index (χ0v) is 10.9. The Labute approximate surface area is 109 Å². The Morgan fingerprint density at radius 1 is 1.56 bits per heavy atom. The van der Waals surface area contributed by atoms with E-state index in [1.54, 1.807) is 18.3 Å². The first-order valence-electron chi connectivity index (χ1n) is 5.97. The standard InChI is InChI=1S/C13H14N2O2S/c1-8(13(16)17)9-6-15(7-9)12-10-3-5-18-11(10)2-4-14-12/h2-5,8-9H,6-7H2,1H3,(H,16,17). The molecule has 2 aromatic rings. The Morgan fingerprint density at radius 2 is 2.33 bits per heavy atom. The second kappa shape index (κ2) is 4.24. The van der Waals surface area contributed by atoms with Crippen LogP contribution < -0.4 is 4.90 Å². The minimum Gasteiger partial charge on any atom is -0.481 e. The molecular weight excluding hydrogens is 248 g/mol. The molecular formula is C13H14N2O2S. The zero-order chi connectivity index (χ0) is 12.7. The number of rotatable bonds is 3. The number of hydrogen-bond donors (Lipinski definition) is 1. The van der Waals surface area contributed by atoms with E-state index in [-0.39, 0.29) is 11.8 Å². The number of aromatic nitrogens is 1. The van der Waals surface area contributed by atoms with Gasteiger partial charge in [-0.05, 0) is 17.5 Å². The number of anilines is 1. The van der Waals surface area contributed by atoms with Crippen LogP contribution in [0.2, 0.25) is 0 Å². The van der Waals surface area contributed by atoms with Crippen LogP contribution in [0.1, 0.15) is 6.92 Å². The Balaban J connectivity index is 1.79. The average molecular weight is 262 g/mol. The molecule has 2 aromatic heterocycles. The Bertz CT molecular complexity index is 589. The fourth-order valence-electron chi connectivity index (χ4n) is 2.34. The summed E-state index contributed by atoms with van der Waals surface area (Å²) in [7, 11) is 0. The summed E-state index contributed by atoms with van der Waals surface area (Å²) in [5, 5.41) is 12.2. The topological polar surface area (TPSA) is 53.4 Å². The maximum atomic E-state index is 10.9. The van der Waals surface area contributed by atoms with E-state index in [0.717, 1.165) is 18.9 Å². The molecule has 1 fully saturated rings. The first kappa shape index (κ1) is 11.5. The van der Waals surface area contributed by atoms with E-state index in [4.69, 9.17) is 5.11 Å². The molecule has 1 aliphatic heterocycles. The van der Waals surface area contributed by atoms with Crippen LogP contribution in [0.3, 0.4) is 0 Å². The molecule has 0 amide bonds. The van der Waals surface area contributed by atoms with E-state index in [2.05, 4.69) is 21.3 Å². The van der Waals surface area contributed by atoms with Crippen LogP contribution in [0.5, 0.6) is 0 Å². The van der Waals surface area contributed by atoms with Crippen LogP contribution in [0.15, 0.2) is 23.7 Å². The summed E-state index contributed by atoms with van der Waals surface area (Å²) in [4.78, 5) is 17.5. The Kier molecular flexibility index (Phi) is 2.70. The van der Waals surface area contributed by atoms with Crippen LogP contribution in [0, 0.1) is 11.8 Å². The molecule has 5 heteroatoms. The van der Waals surface area contributed by atoms with Gasteiger partial charge in [0, 0.05) is 35.3 Å². The predicted molar refractivity (Wildman–Crippen MR) is 72.1 cm³/mol. The summed E-state index contributed by atoms with van der Waals surface area (Å²) in [6.07, 6.45) is 1.82. The lowest BCUT2D eigenvalue weighted by Crippen LogP contribution is -2.51. The molecule has 4 nitrogen and oxygen atoms in total. The minimum atomic E-state index is -0.707. The predicted octanol–water partition coefficient (Wildman–Crippen LogP) is 2.45. The molecule has 3 rings (SSSR count). The minimum absolute atomic E-state index is 0.234. The van der Waals surface area contributed by atoms with Crippen molar-refractivity contribution < 1.29 is 9.90 Å². The summed E-state index contributed by atoms with van der Waals surface area (Å²) in [5.74, 6) is 0.241. The van der Waals surface area contributed by atoms with Crippen LogP contribution in [-0.4, -0.2) is 29.1 Å². The molecule has 0 radical (unpaired) electrons. The lowest BCUT2D eigenvalue weighted by Gasteiger charge is -2.42. The van der Waals surface area contributed by atoms with Crippen LogP contribution in [0.25, 0.3) is 10.1 Å². The largest absolute Gasteiger partial charge is 0.481 e. The molecule has 1 unspecified atom stereocenters. The number of carbonyl (C=O) groups is 1. The van der Waals surface area contributed by atoms with Crippen molar-refractivity contribution in [2.24, 2.45) is 11.8 Å². The molecule has 0 bridgehead atoms. The quantitative estimate of drug-likeness (QED) is 0.923. The summed E-state index contributed by atoms with van der Waals surface area (Å²) < 4.78 is 1.23. The van der Waals surface area contributed by atoms with Gasteiger partial charge in [0.1, 0.15) is 5.82 Å². The van der Waals surface area contributed by atoms with Crippen molar-refractivity contribution in [1.82, 2.24) is 4.98 Å². The normalized spacial score (nSPS) is 17.7. The third kappa shape index (κ3) is 1.75. The van der Waals surface area contributed by atoms with Crippen molar-refractivity contribution in [3.05, 3.63) is 23.7 Å². The van der Waals surface area contributed by atoms with Gasteiger partial charge in [-0.25, -0.2) is 4.98 Å². The molecule has 1 saturated heterocycles. The fourth-order valence-corrected chi connectivity index (χ4v) is 3.11. The van der Waals surface area contributed by atoms with Crippen molar-refractivity contribution in [3.63, 3.8) is 0 Å². The van der Waals surface area contributed by atoms with Gasteiger partial charge in [-0.2, -0.15) is 0 Å². The second-order valence-corrected chi connectivity index (χ2v) is 5.71. The summed E-state index contributed by atoms with van der Waals surface area (Å²) in [6, 6.07) is 4.09. The van der Waals surface area contributed by atoms with Gasteiger partial charge in [0.15, 0.2) is 0 Å². The molecule has 0 aromatic carbocycles. The van der Waals surface area contributed by atoms with Gasteiger partial charge in [-0.1, -0.05) is 6.92 Å². The van der Waals surface area contributed by atoms with E-state index in [1.165, 1.54) is 10.1 Å². The highest BCUT2D eigenvalue weighted by molar-refractivity contribution is 7.17. The third-order valence-electron chi connectivity index (χ3n) is 3.66. The highest BCUT2D eigenvalue weighted by atomic mass is 32.1. The molecule has 1 aliphatic rings. The smallest absolute Gasteiger partial charge is 0.306 e. The third-order valence-corrected chi connectivity index (χ3v) is 4.55. The zero-order valence-electron chi connectivity index (χ0n) is 10.0. The van der Waals surface area contributed by atoms with Gasteiger partial charge in [0.25, 0.3) is 0 Å². The molecule has 0 spiro atoms. The number of pyridine rings is 1. The fraction of sp³-hybridized carbons (Fsp3) is 0.385. The molecule has 3 heterocycles.